The van der Waals surface area contributed by atoms with E-state index in [1.54, 1.807) is 0 Å². The normalized spacial score (nSPS) is 22.0. The first kappa shape index (κ1) is 18.9. The molecule has 1 saturated carbocycles. The van der Waals surface area contributed by atoms with Crippen molar-refractivity contribution in [1.29, 1.82) is 0 Å². The van der Waals surface area contributed by atoms with Gasteiger partial charge in [-0.15, -0.1) is 11.3 Å². The highest BCUT2D eigenvalue weighted by molar-refractivity contribution is 7.14. The van der Waals surface area contributed by atoms with Crippen molar-refractivity contribution in [3.05, 3.63) is 21.4 Å². The molecule has 3 heterocycles. The smallest absolute Gasteiger partial charge is 0.261 e. The Kier molecular flexibility index (Phi) is 5.53. The van der Waals surface area contributed by atoms with Gasteiger partial charge in [-0.2, -0.15) is 0 Å². The van der Waals surface area contributed by atoms with Gasteiger partial charge in [0.15, 0.2) is 0 Å². The molecule has 0 unspecified atom stereocenters. The van der Waals surface area contributed by atoms with Crippen LogP contribution in [0.25, 0.3) is 0 Å². The zero-order valence-corrected chi connectivity index (χ0v) is 16.5. The first-order valence-corrected chi connectivity index (χ1v) is 10.9. The number of hydrogen-bond donors (Lipinski definition) is 2. The molecule has 0 radical (unpaired) electrons. The lowest BCUT2D eigenvalue weighted by atomic mass is 9.85. The van der Waals surface area contributed by atoms with E-state index < -0.39 is 0 Å². The SMILES string of the molecule is O=C(NCCO)c1cc2c(s1)C1(CCN(C(=O)C3CCCC3)CC1)OCC2. The third kappa shape index (κ3) is 3.65. The van der Waals surface area contributed by atoms with Crippen LogP contribution in [0.4, 0.5) is 0 Å². The average molecular weight is 393 g/mol. The number of nitrogens with one attached hydrogen (secondary N) is 1. The lowest BCUT2D eigenvalue weighted by molar-refractivity contribution is -0.144. The van der Waals surface area contributed by atoms with Crippen LogP contribution in [0.5, 0.6) is 0 Å². The highest BCUT2D eigenvalue weighted by Crippen LogP contribution is 2.45. The van der Waals surface area contributed by atoms with Gasteiger partial charge in [-0.05, 0) is 43.7 Å². The number of aliphatic hydroxyl groups excluding tert-OH is 1. The van der Waals surface area contributed by atoms with Gasteiger partial charge in [-0.25, -0.2) is 0 Å². The van der Waals surface area contributed by atoms with Crippen LogP contribution >= 0.6 is 11.3 Å². The monoisotopic (exact) mass is 392 g/mol. The van der Waals surface area contributed by atoms with Crippen molar-refractivity contribution in [3.63, 3.8) is 0 Å². The van der Waals surface area contributed by atoms with E-state index in [2.05, 4.69) is 5.32 Å². The molecule has 4 rings (SSSR count). The van der Waals surface area contributed by atoms with Crippen LogP contribution in [0.1, 0.15) is 58.6 Å². The minimum Gasteiger partial charge on any atom is -0.395 e. The standard InChI is InChI=1S/C20H28N2O4S/c23-11-8-21-18(24)16-13-15-5-12-26-20(17(15)27-16)6-9-22(10-7-20)19(25)14-3-1-2-4-14/h13-14,23H,1-12H2,(H,21,24). The maximum absolute atomic E-state index is 12.7. The summed E-state index contributed by atoms with van der Waals surface area (Å²) in [5.74, 6) is 0.423. The highest BCUT2D eigenvalue weighted by Gasteiger charge is 2.44. The Hall–Kier alpha value is -1.44. The fourth-order valence-corrected chi connectivity index (χ4v) is 6.01. The molecule has 2 fully saturated rings. The van der Waals surface area contributed by atoms with Crippen molar-refractivity contribution in [2.45, 2.75) is 50.5 Å². The molecule has 2 N–H and O–H groups in total. The molecular formula is C20H28N2O4S. The molecule has 3 aliphatic rings. The summed E-state index contributed by atoms with van der Waals surface area (Å²) in [6.07, 6.45) is 6.86. The summed E-state index contributed by atoms with van der Waals surface area (Å²) >= 11 is 1.51. The van der Waals surface area contributed by atoms with Crippen LogP contribution in [0.15, 0.2) is 6.07 Å². The number of thiophene rings is 1. The van der Waals surface area contributed by atoms with Crippen molar-refractivity contribution in [3.8, 4) is 0 Å². The molecule has 27 heavy (non-hydrogen) atoms. The van der Waals surface area contributed by atoms with E-state index in [1.165, 1.54) is 29.7 Å². The summed E-state index contributed by atoms with van der Waals surface area (Å²) in [7, 11) is 0. The van der Waals surface area contributed by atoms with Crippen LogP contribution in [0, 0.1) is 5.92 Å². The van der Waals surface area contributed by atoms with Gasteiger partial charge in [0, 0.05) is 30.4 Å². The number of fused-ring (bicyclic) bond motifs is 2. The topological polar surface area (TPSA) is 78.9 Å². The molecular weight excluding hydrogens is 364 g/mol. The van der Waals surface area contributed by atoms with Gasteiger partial charge in [0.1, 0.15) is 5.60 Å². The van der Waals surface area contributed by atoms with Gasteiger partial charge in [0.25, 0.3) is 5.91 Å². The minimum atomic E-state index is -0.347. The number of likely N-dealkylation sites (tertiary alicyclic amines) is 1. The molecule has 0 bridgehead atoms. The van der Waals surface area contributed by atoms with E-state index in [0.717, 1.165) is 50.1 Å². The van der Waals surface area contributed by atoms with E-state index in [0.29, 0.717) is 17.4 Å². The van der Waals surface area contributed by atoms with E-state index in [4.69, 9.17) is 9.84 Å². The van der Waals surface area contributed by atoms with E-state index in [1.807, 2.05) is 11.0 Å². The van der Waals surface area contributed by atoms with E-state index in [-0.39, 0.29) is 30.6 Å². The van der Waals surface area contributed by atoms with Crippen LogP contribution in [0.2, 0.25) is 0 Å². The number of rotatable bonds is 4. The van der Waals surface area contributed by atoms with Crippen LogP contribution in [-0.4, -0.2) is 54.7 Å². The number of amides is 2. The number of ether oxygens (including phenoxy) is 1. The molecule has 148 valence electrons. The Morgan fingerprint density at radius 1 is 1.30 bits per heavy atom. The summed E-state index contributed by atoms with van der Waals surface area (Å²) in [5, 5.41) is 11.6. The summed E-state index contributed by atoms with van der Waals surface area (Å²) in [6, 6.07) is 1.98. The van der Waals surface area contributed by atoms with Crippen molar-refractivity contribution in [2.75, 3.05) is 32.8 Å². The predicted octanol–water partition coefficient (Wildman–Crippen LogP) is 2.05. The quantitative estimate of drug-likeness (QED) is 0.822. The number of carbonyl (C=O) groups excluding carboxylic acids is 2. The molecule has 2 amide bonds. The Labute approximate surface area is 163 Å². The predicted molar refractivity (Wildman–Crippen MR) is 103 cm³/mol. The lowest BCUT2D eigenvalue weighted by Gasteiger charge is -2.44. The van der Waals surface area contributed by atoms with Crippen LogP contribution in [-0.2, 0) is 21.6 Å². The van der Waals surface area contributed by atoms with Gasteiger partial charge in [0.2, 0.25) is 5.91 Å². The molecule has 1 aromatic heterocycles. The molecule has 6 nitrogen and oxygen atoms in total. The van der Waals surface area contributed by atoms with Gasteiger partial charge >= 0.3 is 0 Å². The first-order valence-electron chi connectivity index (χ1n) is 10.1. The second-order valence-corrected chi connectivity index (χ2v) is 8.90. The number of hydrogen-bond acceptors (Lipinski definition) is 5. The van der Waals surface area contributed by atoms with E-state index >= 15 is 0 Å². The number of carbonyl (C=O) groups is 2. The molecule has 1 aromatic rings. The third-order valence-electron chi connectivity index (χ3n) is 6.18. The summed E-state index contributed by atoms with van der Waals surface area (Å²) < 4.78 is 6.26. The lowest BCUT2D eigenvalue weighted by Crippen LogP contribution is -2.49. The molecule has 7 heteroatoms. The first-order chi connectivity index (χ1) is 13.1. The van der Waals surface area contributed by atoms with Crippen molar-refractivity contribution in [1.82, 2.24) is 10.2 Å². The van der Waals surface area contributed by atoms with Crippen molar-refractivity contribution in [2.24, 2.45) is 5.92 Å². The number of aliphatic hydroxyl groups is 1. The Bertz CT molecular complexity index is 703. The van der Waals surface area contributed by atoms with Crippen LogP contribution < -0.4 is 5.32 Å². The second-order valence-electron chi connectivity index (χ2n) is 7.84. The minimum absolute atomic E-state index is 0.0608. The van der Waals surface area contributed by atoms with E-state index in [9.17, 15) is 9.59 Å². The van der Waals surface area contributed by atoms with Gasteiger partial charge < -0.3 is 20.1 Å². The third-order valence-corrected chi connectivity index (χ3v) is 7.54. The van der Waals surface area contributed by atoms with Crippen LogP contribution in [0.3, 0.4) is 0 Å². The maximum atomic E-state index is 12.7. The Morgan fingerprint density at radius 2 is 2.04 bits per heavy atom. The molecule has 1 saturated heterocycles. The van der Waals surface area contributed by atoms with Gasteiger partial charge in [0.05, 0.1) is 18.1 Å². The van der Waals surface area contributed by atoms with Gasteiger partial charge in [-0.3, -0.25) is 9.59 Å². The largest absolute Gasteiger partial charge is 0.395 e. The molecule has 1 aliphatic carbocycles. The van der Waals surface area contributed by atoms with Crippen molar-refractivity contribution < 1.29 is 19.4 Å². The molecule has 0 atom stereocenters. The number of piperidine rings is 1. The Balaban J connectivity index is 1.47. The second kappa shape index (κ2) is 7.89. The zero-order chi connectivity index (χ0) is 18.9. The van der Waals surface area contributed by atoms with Crippen molar-refractivity contribution >= 4 is 23.2 Å². The highest BCUT2D eigenvalue weighted by atomic mass is 32.1. The van der Waals surface area contributed by atoms with Gasteiger partial charge in [-0.1, -0.05) is 12.8 Å². The summed E-state index contributed by atoms with van der Waals surface area (Å²) in [4.78, 5) is 28.9. The number of nitrogens with zero attached hydrogens (tertiary/aromatic N) is 1. The zero-order valence-electron chi connectivity index (χ0n) is 15.7. The average Bonchev–Trinajstić information content (AvgIpc) is 3.37. The fraction of sp³-hybridized carbons (Fsp3) is 0.700. The molecule has 0 aromatic carbocycles. The summed E-state index contributed by atoms with van der Waals surface area (Å²) in [6.45, 7) is 2.34. The summed E-state index contributed by atoms with van der Waals surface area (Å²) in [5.41, 5.74) is 0.858. The maximum Gasteiger partial charge on any atom is 0.261 e. The fourth-order valence-electron chi connectivity index (χ4n) is 4.68. The molecule has 1 spiro atoms. The molecule has 2 aliphatic heterocycles. The Morgan fingerprint density at radius 3 is 2.74 bits per heavy atom.